The Morgan fingerprint density at radius 1 is 1.53 bits per heavy atom. The lowest BCUT2D eigenvalue weighted by molar-refractivity contribution is 0.191. The second-order valence-electron chi connectivity index (χ2n) is 4.28. The van der Waals surface area contributed by atoms with Crippen LogP contribution in [0, 0.1) is 6.92 Å². The van der Waals surface area contributed by atoms with Crippen LogP contribution in [0.5, 0.6) is 0 Å². The fraction of sp³-hybridized carbons (Fsp3) is 0.455. The van der Waals surface area contributed by atoms with Crippen LogP contribution >= 0.6 is 11.3 Å². The van der Waals surface area contributed by atoms with E-state index in [0.29, 0.717) is 24.7 Å². The highest BCUT2D eigenvalue weighted by atomic mass is 32.1. The van der Waals surface area contributed by atoms with Crippen LogP contribution in [0.3, 0.4) is 0 Å². The summed E-state index contributed by atoms with van der Waals surface area (Å²) in [5, 5.41) is 20.7. The third-order valence-corrected chi connectivity index (χ3v) is 3.81. The van der Waals surface area contributed by atoms with Gasteiger partial charge < -0.3 is 14.9 Å². The van der Waals surface area contributed by atoms with Gasteiger partial charge in [-0.05, 0) is 24.3 Å². The van der Waals surface area contributed by atoms with Crippen molar-refractivity contribution in [1.82, 2.24) is 15.5 Å². The summed E-state index contributed by atoms with van der Waals surface area (Å²) in [6.45, 7) is 2.61. The first-order valence-electron chi connectivity index (χ1n) is 5.52. The summed E-state index contributed by atoms with van der Waals surface area (Å²) >= 11 is 1.63. The maximum absolute atomic E-state index is 9.45. The van der Waals surface area contributed by atoms with Crippen LogP contribution in [0.2, 0.25) is 0 Å². The van der Waals surface area contributed by atoms with Crippen LogP contribution in [0.25, 0.3) is 11.4 Å². The lowest BCUT2D eigenvalue weighted by Gasteiger charge is -2.01. The monoisotopic (exact) mass is 251 g/mol. The van der Waals surface area contributed by atoms with E-state index in [1.54, 1.807) is 11.3 Å². The minimum absolute atomic E-state index is 0.0230. The molecule has 0 radical (unpaired) electrons. The molecule has 1 aliphatic heterocycles. The van der Waals surface area contributed by atoms with E-state index in [1.807, 2.05) is 12.3 Å². The normalized spacial score (nSPS) is 24.4. The largest absolute Gasteiger partial charge is 0.392 e. The van der Waals surface area contributed by atoms with Crippen LogP contribution < -0.4 is 5.32 Å². The number of aliphatic hydroxyl groups excluding tert-OH is 1. The van der Waals surface area contributed by atoms with Gasteiger partial charge in [-0.2, -0.15) is 16.3 Å². The number of hydrogen-bond acceptors (Lipinski definition) is 6. The lowest BCUT2D eigenvalue weighted by Crippen LogP contribution is -2.15. The molecule has 1 aliphatic rings. The molecule has 90 valence electrons. The molecule has 0 aromatic carbocycles. The zero-order valence-electron chi connectivity index (χ0n) is 9.38. The minimum atomic E-state index is -0.321. The first-order valence-corrected chi connectivity index (χ1v) is 6.46. The number of nitrogens with one attached hydrogen (secondary N) is 1. The molecule has 0 bridgehead atoms. The van der Waals surface area contributed by atoms with Crippen LogP contribution in [-0.2, 0) is 0 Å². The molecule has 5 nitrogen and oxygen atoms in total. The van der Waals surface area contributed by atoms with Crippen LogP contribution in [0.15, 0.2) is 15.3 Å². The lowest BCUT2D eigenvalue weighted by atomic mass is 10.2. The standard InChI is InChI=1S/C11H13N3O2S/c1-6-4-17-5-8(6)10-13-11(16-14-10)9-2-7(15)3-12-9/h4-5,7,9,12,15H,2-3H2,1H3. The van der Waals surface area contributed by atoms with Gasteiger partial charge in [0, 0.05) is 17.5 Å². The van der Waals surface area contributed by atoms with Gasteiger partial charge >= 0.3 is 0 Å². The molecule has 1 saturated heterocycles. The van der Waals surface area contributed by atoms with Crippen LogP contribution in [-0.4, -0.2) is 27.9 Å². The van der Waals surface area contributed by atoms with Gasteiger partial charge in [-0.1, -0.05) is 5.16 Å². The van der Waals surface area contributed by atoms with Crippen molar-refractivity contribution in [3.05, 3.63) is 22.2 Å². The van der Waals surface area contributed by atoms with Gasteiger partial charge in [0.05, 0.1) is 12.1 Å². The number of β-amino-alcohol motifs (C(OH)–C–C–N with tert-alkyl or cyclic N) is 1. The highest BCUT2D eigenvalue weighted by Gasteiger charge is 2.28. The second kappa shape index (κ2) is 4.21. The topological polar surface area (TPSA) is 71.2 Å². The Labute approximate surface area is 102 Å². The molecule has 0 spiro atoms. The van der Waals surface area contributed by atoms with E-state index in [4.69, 9.17) is 4.52 Å². The average molecular weight is 251 g/mol. The van der Waals surface area contributed by atoms with Gasteiger partial charge in [-0.25, -0.2) is 0 Å². The van der Waals surface area contributed by atoms with Crippen molar-refractivity contribution in [2.75, 3.05) is 6.54 Å². The zero-order chi connectivity index (χ0) is 11.8. The molecule has 2 aromatic heterocycles. The molecular weight excluding hydrogens is 238 g/mol. The average Bonchev–Trinajstić information content (AvgIpc) is 2.97. The molecule has 0 saturated carbocycles. The zero-order valence-corrected chi connectivity index (χ0v) is 10.2. The Morgan fingerprint density at radius 2 is 2.41 bits per heavy atom. The Morgan fingerprint density at radius 3 is 3.06 bits per heavy atom. The Kier molecular flexibility index (Phi) is 2.70. The first kappa shape index (κ1) is 10.9. The molecule has 0 aliphatic carbocycles. The van der Waals surface area contributed by atoms with Gasteiger partial charge in [0.1, 0.15) is 0 Å². The maximum Gasteiger partial charge on any atom is 0.244 e. The predicted octanol–water partition coefficient (Wildman–Crippen LogP) is 1.50. The van der Waals surface area contributed by atoms with Crippen LogP contribution in [0.1, 0.15) is 23.9 Å². The van der Waals surface area contributed by atoms with E-state index in [9.17, 15) is 5.11 Å². The number of rotatable bonds is 2. The number of hydrogen-bond donors (Lipinski definition) is 2. The summed E-state index contributed by atoms with van der Waals surface area (Å²) in [4.78, 5) is 4.39. The summed E-state index contributed by atoms with van der Waals surface area (Å²) in [6, 6.07) is -0.0230. The number of aryl methyl sites for hydroxylation is 1. The molecule has 2 atom stereocenters. The maximum atomic E-state index is 9.45. The molecule has 6 heteroatoms. The SMILES string of the molecule is Cc1cscc1-c1noc(C2CC(O)CN2)n1. The smallest absolute Gasteiger partial charge is 0.244 e. The van der Waals surface area contributed by atoms with Crippen molar-refractivity contribution in [3.63, 3.8) is 0 Å². The quantitative estimate of drug-likeness (QED) is 0.846. The Hall–Kier alpha value is -1.24. The number of nitrogens with zero attached hydrogens (tertiary/aromatic N) is 2. The van der Waals surface area contributed by atoms with E-state index in [2.05, 4.69) is 20.8 Å². The summed E-state index contributed by atoms with van der Waals surface area (Å²) in [6.07, 6.45) is 0.308. The van der Waals surface area contributed by atoms with E-state index >= 15 is 0 Å². The van der Waals surface area contributed by atoms with Crippen LogP contribution in [0.4, 0.5) is 0 Å². The van der Waals surface area contributed by atoms with Crippen molar-refractivity contribution in [2.45, 2.75) is 25.5 Å². The molecule has 3 heterocycles. The summed E-state index contributed by atoms with van der Waals surface area (Å²) in [5.74, 6) is 1.18. The van der Waals surface area contributed by atoms with Crippen molar-refractivity contribution in [3.8, 4) is 11.4 Å². The van der Waals surface area contributed by atoms with Gasteiger partial charge in [-0.3, -0.25) is 0 Å². The van der Waals surface area contributed by atoms with Gasteiger partial charge in [0.2, 0.25) is 11.7 Å². The molecule has 1 fully saturated rings. The van der Waals surface area contributed by atoms with Crippen molar-refractivity contribution >= 4 is 11.3 Å². The summed E-state index contributed by atoms with van der Waals surface area (Å²) in [7, 11) is 0. The second-order valence-corrected chi connectivity index (χ2v) is 5.02. The molecule has 2 aromatic rings. The molecule has 2 N–H and O–H groups in total. The molecule has 0 amide bonds. The Balaban J connectivity index is 1.86. The van der Waals surface area contributed by atoms with Crippen molar-refractivity contribution in [1.29, 1.82) is 0 Å². The molecule has 17 heavy (non-hydrogen) atoms. The minimum Gasteiger partial charge on any atom is -0.392 e. The first-order chi connectivity index (χ1) is 8.24. The number of aromatic nitrogens is 2. The molecular formula is C11H13N3O2S. The fourth-order valence-corrected chi connectivity index (χ4v) is 2.81. The number of thiophene rings is 1. The number of aliphatic hydroxyl groups is 1. The highest BCUT2D eigenvalue weighted by Crippen LogP contribution is 2.27. The Bertz CT molecular complexity index is 522. The summed E-state index contributed by atoms with van der Waals surface area (Å²) in [5.41, 5.74) is 2.17. The third-order valence-electron chi connectivity index (χ3n) is 2.94. The third kappa shape index (κ3) is 1.99. The van der Waals surface area contributed by atoms with Gasteiger partial charge in [-0.15, -0.1) is 0 Å². The van der Waals surface area contributed by atoms with Crippen molar-refractivity contribution in [2.24, 2.45) is 0 Å². The molecule has 3 rings (SSSR count). The fourth-order valence-electron chi connectivity index (χ4n) is 1.98. The predicted molar refractivity (Wildman–Crippen MR) is 63.7 cm³/mol. The highest BCUT2D eigenvalue weighted by molar-refractivity contribution is 7.08. The van der Waals surface area contributed by atoms with E-state index in [-0.39, 0.29) is 12.1 Å². The van der Waals surface area contributed by atoms with E-state index < -0.39 is 0 Å². The molecule has 2 unspecified atom stereocenters. The van der Waals surface area contributed by atoms with Gasteiger partial charge in [0.15, 0.2) is 0 Å². The van der Waals surface area contributed by atoms with Gasteiger partial charge in [0.25, 0.3) is 0 Å². The summed E-state index contributed by atoms with van der Waals surface area (Å²) < 4.78 is 5.25. The van der Waals surface area contributed by atoms with E-state index in [1.165, 1.54) is 0 Å². The van der Waals surface area contributed by atoms with Crippen molar-refractivity contribution < 1.29 is 9.63 Å². The van der Waals surface area contributed by atoms with E-state index in [0.717, 1.165) is 11.1 Å².